The highest BCUT2D eigenvalue weighted by molar-refractivity contribution is 14.0. The molecule has 1 saturated heterocycles. The van der Waals surface area contributed by atoms with Crippen molar-refractivity contribution in [2.24, 2.45) is 4.99 Å². The lowest BCUT2D eigenvalue weighted by molar-refractivity contribution is 0.140. The van der Waals surface area contributed by atoms with Crippen LogP contribution in [0.4, 0.5) is 0 Å². The molecule has 0 amide bonds. The van der Waals surface area contributed by atoms with Crippen LogP contribution >= 0.6 is 24.0 Å². The lowest BCUT2D eigenvalue weighted by Gasteiger charge is -2.17. The minimum atomic E-state index is 0. The summed E-state index contributed by atoms with van der Waals surface area (Å²) in [5.41, 5.74) is 2.26. The Kier molecular flexibility index (Phi) is 8.81. The van der Waals surface area contributed by atoms with E-state index in [-0.39, 0.29) is 30.1 Å². The first-order valence-corrected chi connectivity index (χ1v) is 7.45. The second-order valence-electron chi connectivity index (χ2n) is 5.20. The zero-order chi connectivity index (χ0) is 15.8. The molecule has 1 fully saturated rings. The standard InChI is InChI=1S/C17H23N3O2.HI/c1-4-8-19-17(18-3)20-11-14-6-5-13(2)10-16(14)22-15-7-9-21-12-15;/h1,5-6,10,15H,7-9,11-12H2,2-3H3,(H2,18,19,20);1H. The van der Waals surface area contributed by atoms with Crippen molar-refractivity contribution in [1.29, 1.82) is 0 Å². The number of ether oxygens (including phenoxy) is 2. The van der Waals surface area contributed by atoms with E-state index in [0.29, 0.717) is 25.7 Å². The van der Waals surface area contributed by atoms with Crippen molar-refractivity contribution >= 4 is 29.9 Å². The summed E-state index contributed by atoms with van der Waals surface area (Å²) in [6.45, 7) is 4.55. The fraction of sp³-hybridized carbons (Fsp3) is 0.471. The largest absolute Gasteiger partial charge is 0.488 e. The number of hydrogen-bond donors (Lipinski definition) is 2. The molecule has 0 aromatic heterocycles. The molecule has 23 heavy (non-hydrogen) atoms. The quantitative estimate of drug-likeness (QED) is 0.326. The van der Waals surface area contributed by atoms with Crippen molar-refractivity contribution in [1.82, 2.24) is 10.6 Å². The number of nitrogens with one attached hydrogen (secondary N) is 2. The molecule has 6 heteroatoms. The van der Waals surface area contributed by atoms with Gasteiger partial charge in [0.25, 0.3) is 0 Å². The van der Waals surface area contributed by atoms with Gasteiger partial charge in [0.1, 0.15) is 11.9 Å². The number of aryl methyl sites for hydroxylation is 1. The number of benzene rings is 1. The summed E-state index contributed by atoms with van der Waals surface area (Å²) >= 11 is 0. The average Bonchev–Trinajstić information content (AvgIpc) is 3.02. The molecule has 1 aliphatic heterocycles. The molecule has 5 nitrogen and oxygen atoms in total. The van der Waals surface area contributed by atoms with Gasteiger partial charge in [-0.3, -0.25) is 4.99 Å². The van der Waals surface area contributed by atoms with E-state index in [2.05, 4.69) is 46.7 Å². The number of nitrogens with zero attached hydrogens (tertiary/aromatic N) is 1. The van der Waals surface area contributed by atoms with Crippen LogP contribution in [-0.4, -0.2) is 38.9 Å². The zero-order valence-electron chi connectivity index (χ0n) is 13.6. The molecule has 1 unspecified atom stereocenters. The molecule has 0 spiro atoms. The number of halogens is 1. The molecular formula is C17H24IN3O2. The molecule has 1 atom stereocenters. The summed E-state index contributed by atoms with van der Waals surface area (Å²) in [7, 11) is 1.72. The summed E-state index contributed by atoms with van der Waals surface area (Å²) in [4.78, 5) is 4.13. The summed E-state index contributed by atoms with van der Waals surface area (Å²) in [5, 5.41) is 6.27. The van der Waals surface area contributed by atoms with Crippen molar-refractivity contribution in [3.8, 4) is 18.1 Å². The highest BCUT2D eigenvalue weighted by Crippen LogP contribution is 2.23. The Hall–Kier alpha value is -1.46. The number of guanidine groups is 1. The first kappa shape index (κ1) is 19.6. The minimum Gasteiger partial charge on any atom is -0.488 e. The van der Waals surface area contributed by atoms with Gasteiger partial charge in [-0.05, 0) is 18.6 Å². The van der Waals surface area contributed by atoms with Gasteiger partial charge in [0, 0.05) is 25.6 Å². The van der Waals surface area contributed by atoms with Crippen molar-refractivity contribution in [3.05, 3.63) is 29.3 Å². The van der Waals surface area contributed by atoms with E-state index in [4.69, 9.17) is 15.9 Å². The molecule has 126 valence electrons. The van der Waals surface area contributed by atoms with Crippen LogP contribution in [-0.2, 0) is 11.3 Å². The number of aliphatic imine (C=N–C) groups is 1. The Morgan fingerprint density at radius 1 is 1.48 bits per heavy atom. The maximum absolute atomic E-state index is 6.08. The van der Waals surface area contributed by atoms with E-state index in [1.165, 1.54) is 5.56 Å². The Morgan fingerprint density at radius 2 is 2.30 bits per heavy atom. The van der Waals surface area contributed by atoms with Gasteiger partial charge in [-0.15, -0.1) is 30.4 Å². The lowest BCUT2D eigenvalue weighted by Crippen LogP contribution is -2.37. The van der Waals surface area contributed by atoms with E-state index >= 15 is 0 Å². The highest BCUT2D eigenvalue weighted by atomic mass is 127. The Balaban J connectivity index is 0.00000264. The zero-order valence-corrected chi connectivity index (χ0v) is 15.9. The van der Waals surface area contributed by atoms with E-state index in [1.54, 1.807) is 7.05 Å². The van der Waals surface area contributed by atoms with E-state index in [9.17, 15) is 0 Å². The molecule has 0 radical (unpaired) electrons. The van der Waals surface area contributed by atoms with Crippen molar-refractivity contribution < 1.29 is 9.47 Å². The van der Waals surface area contributed by atoms with Crippen molar-refractivity contribution in [2.75, 3.05) is 26.8 Å². The lowest BCUT2D eigenvalue weighted by atomic mass is 10.1. The molecule has 1 aliphatic rings. The van der Waals surface area contributed by atoms with Crippen LogP contribution in [0.15, 0.2) is 23.2 Å². The van der Waals surface area contributed by atoms with E-state index < -0.39 is 0 Å². The first-order chi connectivity index (χ1) is 10.7. The topological polar surface area (TPSA) is 54.9 Å². The maximum atomic E-state index is 6.08. The summed E-state index contributed by atoms with van der Waals surface area (Å²) < 4.78 is 11.4. The maximum Gasteiger partial charge on any atom is 0.192 e. The van der Waals surface area contributed by atoms with Gasteiger partial charge in [0.15, 0.2) is 5.96 Å². The van der Waals surface area contributed by atoms with Crippen LogP contribution in [0.1, 0.15) is 17.5 Å². The minimum absolute atomic E-state index is 0. The molecule has 1 aromatic carbocycles. The summed E-state index contributed by atoms with van der Waals surface area (Å²) in [5.74, 6) is 4.10. The Labute approximate surface area is 155 Å². The summed E-state index contributed by atoms with van der Waals surface area (Å²) in [6, 6.07) is 6.21. The smallest absolute Gasteiger partial charge is 0.192 e. The van der Waals surface area contributed by atoms with Gasteiger partial charge in [0.05, 0.1) is 19.8 Å². The number of hydrogen-bond acceptors (Lipinski definition) is 3. The van der Waals surface area contributed by atoms with Gasteiger partial charge in [0.2, 0.25) is 0 Å². The molecule has 0 bridgehead atoms. The van der Waals surface area contributed by atoms with Crippen LogP contribution in [0.3, 0.4) is 0 Å². The fourth-order valence-corrected chi connectivity index (χ4v) is 2.24. The van der Waals surface area contributed by atoms with E-state index in [0.717, 1.165) is 24.3 Å². The molecule has 2 N–H and O–H groups in total. The summed E-state index contributed by atoms with van der Waals surface area (Å²) in [6.07, 6.45) is 6.32. The molecule has 0 aliphatic carbocycles. The average molecular weight is 429 g/mol. The van der Waals surface area contributed by atoms with E-state index in [1.807, 2.05) is 0 Å². The van der Waals surface area contributed by atoms with Crippen molar-refractivity contribution in [3.63, 3.8) is 0 Å². The molecule has 1 heterocycles. The Morgan fingerprint density at radius 3 is 2.96 bits per heavy atom. The number of terminal acetylenes is 1. The number of rotatable bonds is 5. The monoisotopic (exact) mass is 429 g/mol. The third-order valence-corrected chi connectivity index (χ3v) is 3.43. The normalized spacial score (nSPS) is 17.1. The van der Waals surface area contributed by atoms with Crippen LogP contribution in [0.25, 0.3) is 0 Å². The third kappa shape index (κ3) is 6.28. The predicted octanol–water partition coefficient (Wildman–Crippen LogP) is 2.08. The van der Waals surface area contributed by atoms with Crippen LogP contribution < -0.4 is 15.4 Å². The van der Waals surface area contributed by atoms with Gasteiger partial charge in [-0.2, -0.15) is 0 Å². The van der Waals surface area contributed by atoms with Crippen LogP contribution in [0.2, 0.25) is 0 Å². The third-order valence-electron chi connectivity index (χ3n) is 3.43. The van der Waals surface area contributed by atoms with Crippen molar-refractivity contribution in [2.45, 2.75) is 26.0 Å². The highest BCUT2D eigenvalue weighted by Gasteiger charge is 2.18. The predicted molar refractivity (Wildman–Crippen MR) is 103 cm³/mol. The van der Waals surface area contributed by atoms with Gasteiger partial charge < -0.3 is 20.1 Å². The fourth-order valence-electron chi connectivity index (χ4n) is 2.24. The SMILES string of the molecule is C#CCNC(=NC)NCc1ccc(C)cc1OC1CCOC1.I. The van der Waals surface area contributed by atoms with Gasteiger partial charge in [-0.1, -0.05) is 18.1 Å². The second kappa shape index (κ2) is 10.3. The molecule has 2 rings (SSSR count). The van der Waals surface area contributed by atoms with Crippen LogP contribution in [0.5, 0.6) is 5.75 Å². The first-order valence-electron chi connectivity index (χ1n) is 7.45. The second-order valence-corrected chi connectivity index (χ2v) is 5.20. The molecular weight excluding hydrogens is 405 g/mol. The Bertz CT molecular complexity index is 563. The van der Waals surface area contributed by atoms with Gasteiger partial charge >= 0.3 is 0 Å². The molecule has 0 saturated carbocycles. The van der Waals surface area contributed by atoms with Crippen LogP contribution in [0, 0.1) is 19.3 Å². The molecule has 1 aromatic rings. The van der Waals surface area contributed by atoms with Gasteiger partial charge in [-0.25, -0.2) is 0 Å².